The highest BCUT2D eigenvalue weighted by atomic mass is 32.3. The summed E-state index contributed by atoms with van der Waals surface area (Å²) in [7, 11) is -3.68. The normalized spacial score (nSPS) is 18.4. The van der Waals surface area contributed by atoms with E-state index in [1.807, 2.05) is 13.8 Å². The molecular weight excluding hydrogens is 573 g/mol. The summed E-state index contributed by atoms with van der Waals surface area (Å²) in [5, 5.41) is 8.18. The number of ether oxygens (including phenoxy) is 2. The average molecular weight is 611 g/mol. The number of para-hydroxylation sites is 1. The first-order valence-electron chi connectivity index (χ1n) is 14.0. The van der Waals surface area contributed by atoms with Gasteiger partial charge in [0.15, 0.2) is 0 Å². The molecule has 0 bridgehead atoms. The smallest absolute Gasteiger partial charge is 0.416 e. The molecule has 0 saturated heterocycles. The Kier molecular flexibility index (Phi) is 10.2. The van der Waals surface area contributed by atoms with Crippen molar-refractivity contribution in [2.24, 2.45) is 0 Å². The predicted molar refractivity (Wildman–Crippen MR) is 152 cm³/mol. The van der Waals surface area contributed by atoms with E-state index in [-0.39, 0.29) is 30.0 Å². The molecule has 9 nitrogen and oxygen atoms in total. The second-order valence-corrected chi connectivity index (χ2v) is 12.2. The van der Waals surface area contributed by atoms with Crippen molar-refractivity contribution in [1.82, 2.24) is 19.3 Å². The van der Waals surface area contributed by atoms with Crippen LogP contribution in [0.25, 0.3) is 0 Å². The van der Waals surface area contributed by atoms with Crippen LogP contribution in [0, 0.1) is 0 Å². The number of alkyl halides is 3. The van der Waals surface area contributed by atoms with Crippen LogP contribution in [0.15, 0.2) is 53.6 Å². The lowest BCUT2D eigenvalue weighted by molar-refractivity contribution is -0.143. The van der Waals surface area contributed by atoms with Gasteiger partial charge in [-0.25, -0.2) is 0 Å². The monoisotopic (exact) mass is 610 g/mol. The molecule has 1 aliphatic rings. The summed E-state index contributed by atoms with van der Waals surface area (Å²) >= 11 is 0. The highest BCUT2D eigenvalue weighted by molar-refractivity contribution is 8.22. The van der Waals surface area contributed by atoms with Gasteiger partial charge in [-0.1, -0.05) is 36.4 Å². The van der Waals surface area contributed by atoms with Gasteiger partial charge in [-0.15, -0.1) is 15.9 Å². The lowest BCUT2D eigenvalue weighted by Gasteiger charge is -2.42. The van der Waals surface area contributed by atoms with Gasteiger partial charge in [-0.3, -0.25) is 18.6 Å². The standard InChI is InChI=1S/C29H37F3N4O5S/c1-4-24-19-36(42(38,39)27-10-8-7-9-26(27)41-24)17-22-15-20(12-14-25(22)29(30,31)32)21(16-28(37)40-6-3)11-13-23-18-35(5-2)34-33-23/h7-10,12,14-15,18,21,24,38-39H,4-6,11,13,16-17,19H2,1-3H3. The fourth-order valence-electron chi connectivity index (χ4n) is 5.03. The van der Waals surface area contributed by atoms with E-state index < -0.39 is 47.1 Å². The first-order valence-corrected chi connectivity index (χ1v) is 15.5. The van der Waals surface area contributed by atoms with Crippen LogP contribution in [0.2, 0.25) is 0 Å². The molecule has 0 radical (unpaired) electrons. The molecule has 0 saturated carbocycles. The van der Waals surface area contributed by atoms with Crippen LogP contribution in [-0.2, 0) is 35.2 Å². The molecule has 230 valence electrons. The van der Waals surface area contributed by atoms with Gasteiger partial charge >= 0.3 is 12.1 Å². The van der Waals surface area contributed by atoms with E-state index in [0.29, 0.717) is 42.8 Å². The summed E-state index contributed by atoms with van der Waals surface area (Å²) in [5.74, 6) is -0.623. The summed E-state index contributed by atoms with van der Waals surface area (Å²) in [6.45, 7) is 5.93. The van der Waals surface area contributed by atoms with Gasteiger partial charge in [0.05, 0.1) is 30.8 Å². The summed E-state index contributed by atoms with van der Waals surface area (Å²) in [4.78, 5) is 12.6. The van der Waals surface area contributed by atoms with Gasteiger partial charge in [-0.2, -0.15) is 17.5 Å². The minimum Gasteiger partial charge on any atom is -0.487 e. The number of rotatable bonds is 11. The predicted octanol–water partition coefficient (Wildman–Crippen LogP) is 6.68. The van der Waals surface area contributed by atoms with Crippen molar-refractivity contribution >= 4 is 16.7 Å². The Morgan fingerprint density at radius 2 is 1.95 bits per heavy atom. The quantitative estimate of drug-likeness (QED) is 0.231. The molecule has 0 fully saturated rings. The SMILES string of the molecule is CCOC(=O)CC(CCc1cn(CC)nn1)c1ccc(C(F)(F)F)c(CN2CC(CC)Oc3ccccc3S2(O)O)c1. The van der Waals surface area contributed by atoms with Crippen LogP contribution in [0.3, 0.4) is 0 Å². The Morgan fingerprint density at radius 1 is 1.19 bits per heavy atom. The van der Waals surface area contributed by atoms with Crippen molar-refractivity contribution in [2.75, 3.05) is 13.2 Å². The molecule has 1 aromatic heterocycles. The number of aryl methyl sites for hydroxylation is 2. The van der Waals surface area contributed by atoms with E-state index in [0.717, 1.165) is 6.07 Å². The van der Waals surface area contributed by atoms with Gasteiger partial charge in [0.2, 0.25) is 0 Å². The fourth-order valence-corrected chi connectivity index (χ4v) is 6.65. The molecule has 2 aromatic carbocycles. The molecule has 0 aliphatic carbocycles. The van der Waals surface area contributed by atoms with Crippen LogP contribution in [0.4, 0.5) is 13.2 Å². The summed E-state index contributed by atoms with van der Waals surface area (Å²) in [6, 6.07) is 10.3. The molecule has 0 amide bonds. The molecule has 2 heterocycles. The van der Waals surface area contributed by atoms with Gasteiger partial charge in [0.1, 0.15) is 16.7 Å². The number of carbonyl (C=O) groups is 1. The maximum Gasteiger partial charge on any atom is 0.416 e. The number of aromatic nitrogens is 3. The Bertz CT molecular complexity index is 1370. The maximum atomic E-state index is 14.3. The second-order valence-electron chi connectivity index (χ2n) is 10.2. The van der Waals surface area contributed by atoms with Crippen LogP contribution >= 0.6 is 10.8 Å². The molecule has 13 heteroatoms. The zero-order chi connectivity index (χ0) is 30.5. The number of nitrogens with zero attached hydrogens (tertiary/aromatic N) is 4. The Hall–Kier alpha value is -3.13. The van der Waals surface area contributed by atoms with E-state index in [4.69, 9.17) is 9.47 Å². The van der Waals surface area contributed by atoms with Crippen LogP contribution < -0.4 is 4.74 Å². The number of fused-ring (bicyclic) bond motifs is 1. The highest BCUT2D eigenvalue weighted by Crippen LogP contribution is 2.57. The molecule has 2 atom stereocenters. The van der Waals surface area contributed by atoms with Crippen LogP contribution in [-0.4, -0.2) is 53.6 Å². The number of hydrogen-bond acceptors (Lipinski definition) is 8. The maximum absolute atomic E-state index is 14.3. The van der Waals surface area contributed by atoms with Gasteiger partial charge in [0.25, 0.3) is 0 Å². The van der Waals surface area contributed by atoms with Crippen molar-refractivity contribution < 1.29 is 36.5 Å². The van der Waals surface area contributed by atoms with Crippen molar-refractivity contribution in [2.45, 2.75) is 82.6 Å². The zero-order valence-electron chi connectivity index (χ0n) is 23.9. The van der Waals surface area contributed by atoms with Gasteiger partial charge in [-0.05, 0) is 68.4 Å². The molecule has 3 aromatic rings. The Labute approximate surface area is 245 Å². The summed E-state index contributed by atoms with van der Waals surface area (Å²) in [5.41, 5.74) is 0.221. The van der Waals surface area contributed by atoms with E-state index in [1.165, 1.54) is 22.5 Å². The second kappa shape index (κ2) is 13.4. The van der Waals surface area contributed by atoms with E-state index >= 15 is 0 Å². The van der Waals surface area contributed by atoms with Crippen molar-refractivity contribution in [3.05, 3.63) is 71.0 Å². The van der Waals surface area contributed by atoms with Crippen molar-refractivity contribution in [3.8, 4) is 5.75 Å². The minimum absolute atomic E-state index is 0.00831. The molecule has 2 unspecified atom stereocenters. The zero-order valence-corrected chi connectivity index (χ0v) is 24.7. The summed E-state index contributed by atoms with van der Waals surface area (Å²) in [6.07, 6.45) is -1.99. The number of hydrogen-bond donors (Lipinski definition) is 2. The molecular formula is C29H37F3N4O5S. The third kappa shape index (κ3) is 7.44. The molecule has 4 rings (SSSR count). The van der Waals surface area contributed by atoms with E-state index in [9.17, 15) is 27.1 Å². The van der Waals surface area contributed by atoms with Crippen molar-refractivity contribution in [1.29, 1.82) is 0 Å². The first-order chi connectivity index (χ1) is 20.0. The molecule has 2 N–H and O–H groups in total. The van der Waals surface area contributed by atoms with Crippen LogP contribution in [0.1, 0.15) is 68.3 Å². The lowest BCUT2D eigenvalue weighted by atomic mass is 9.88. The molecule has 0 spiro atoms. The number of halogens is 3. The Balaban J connectivity index is 1.71. The fraction of sp³-hybridized carbons (Fsp3) is 0.483. The minimum atomic E-state index is -4.68. The Morgan fingerprint density at radius 3 is 2.62 bits per heavy atom. The topological polar surface area (TPSA) is 110 Å². The van der Waals surface area contributed by atoms with E-state index in [1.54, 1.807) is 36.0 Å². The van der Waals surface area contributed by atoms with Crippen LogP contribution in [0.5, 0.6) is 5.75 Å². The highest BCUT2D eigenvalue weighted by Gasteiger charge is 2.38. The van der Waals surface area contributed by atoms with Gasteiger partial charge < -0.3 is 9.47 Å². The third-order valence-corrected chi connectivity index (χ3v) is 9.22. The lowest BCUT2D eigenvalue weighted by Crippen LogP contribution is -2.35. The first kappa shape index (κ1) is 31.8. The van der Waals surface area contributed by atoms with Crippen molar-refractivity contribution in [3.63, 3.8) is 0 Å². The molecule has 1 aliphatic heterocycles. The van der Waals surface area contributed by atoms with E-state index in [2.05, 4.69) is 10.3 Å². The third-order valence-electron chi connectivity index (χ3n) is 7.29. The number of esters is 1. The summed E-state index contributed by atoms with van der Waals surface area (Å²) < 4.78 is 79.6. The average Bonchev–Trinajstić information content (AvgIpc) is 3.38. The number of benzene rings is 2. The largest absolute Gasteiger partial charge is 0.487 e. The number of carbonyl (C=O) groups excluding carboxylic acids is 1. The molecule has 42 heavy (non-hydrogen) atoms. The van der Waals surface area contributed by atoms with Gasteiger partial charge in [0, 0.05) is 19.3 Å².